The smallest absolute Gasteiger partial charge is 0.301 e. The molecule has 0 bridgehead atoms. The van der Waals surface area contributed by atoms with Gasteiger partial charge in [-0.05, 0) is 36.8 Å². The molecule has 1 atom stereocenters. The molecule has 2 aliphatic rings. The zero-order chi connectivity index (χ0) is 16.4. The summed E-state index contributed by atoms with van der Waals surface area (Å²) in [7, 11) is -2.13. The van der Waals surface area contributed by atoms with Crippen molar-refractivity contribution in [2.24, 2.45) is 5.92 Å². The van der Waals surface area contributed by atoms with E-state index in [4.69, 9.17) is 9.47 Å². The quantitative estimate of drug-likeness (QED) is 0.884. The Morgan fingerprint density at radius 1 is 1.48 bits per heavy atom. The number of nitrogens with one attached hydrogen (secondary N) is 1. The second-order valence-electron chi connectivity index (χ2n) is 5.97. The lowest BCUT2D eigenvalue weighted by molar-refractivity contribution is 0.157. The Hall–Kier alpha value is -1.38. The normalized spacial score (nSPS) is 21.7. The minimum atomic E-state index is -3.73. The molecule has 1 unspecified atom stereocenters. The summed E-state index contributed by atoms with van der Waals surface area (Å²) in [5.74, 6) is 0.161. The zero-order valence-corrected chi connectivity index (χ0v) is 13.9. The van der Waals surface area contributed by atoms with Crippen LogP contribution in [0.15, 0.2) is 12.1 Å². The predicted octanol–water partition coefficient (Wildman–Crippen LogP) is 1.78. The van der Waals surface area contributed by atoms with Crippen molar-refractivity contribution < 1.29 is 22.3 Å². The van der Waals surface area contributed by atoms with Crippen LogP contribution in [-0.2, 0) is 21.4 Å². The van der Waals surface area contributed by atoms with Gasteiger partial charge in [0.2, 0.25) is 0 Å². The fraction of sp³-hybridized carbons (Fsp3) is 0.600. The molecule has 0 radical (unpaired) electrons. The molecule has 23 heavy (non-hydrogen) atoms. The van der Waals surface area contributed by atoms with Gasteiger partial charge in [-0.15, -0.1) is 0 Å². The number of fused-ring (bicyclic) bond motifs is 1. The molecule has 8 heteroatoms. The maximum Gasteiger partial charge on any atom is 0.301 e. The van der Waals surface area contributed by atoms with Gasteiger partial charge >= 0.3 is 10.2 Å². The molecule has 0 aromatic heterocycles. The fourth-order valence-electron chi connectivity index (χ4n) is 3.11. The Balaban J connectivity index is 1.80. The summed E-state index contributed by atoms with van der Waals surface area (Å²) in [5, 5.41) is 0. The Labute approximate surface area is 135 Å². The van der Waals surface area contributed by atoms with Crippen LogP contribution in [0.4, 0.5) is 10.1 Å². The van der Waals surface area contributed by atoms with Gasteiger partial charge in [-0.2, -0.15) is 12.7 Å². The van der Waals surface area contributed by atoms with Crippen LogP contribution in [0.2, 0.25) is 0 Å². The second-order valence-corrected chi connectivity index (χ2v) is 7.64. The highest BCUT2D eigenvalue weighted by atomic mass is 32.2. The molecule has 1 aromatic rings. The van der Waals surface area contributed by atoms with Gasteiger partial charge in [0.05, 0.1) is 18.9 Å². The molecule has 1 fully saturated rings. The molecule has 2 aliphatic heterocycles. The van der Waals surface area contributed by atoms with Gasteiger partial charge in [0.15, 0.2) is 0 Å². The van der Waals surface area contributed by atoms with Crippen molar-refractivity contribution in [3.05, 3.63) is 23.5 Å². The van der Waals surface area contributed by atoms with Crippen LogP contribution in [0.1, 0.15) is 18.4 Å². The van der Waals surface area contributed by atoms with Crippen LogP contribution in [0.5, 0.6) is 5.75 Å². The summed E-state index contributed by atoms with van der Waals surface area (Å²) in [5.41, 5.74) is 0.877. The van der Waals surface area contributed by atoms with Gasteiger partial charge in [0.25, 0.3) is 0 Å². The van der Waals surface area contributed by atoms with Gasteiger partial charge in [-0.1, -0.05) is 0 Å². The first-order valence-electron chi connectivity index (χ1n) is 7.71. The first kappa shape index (κ1) is 16.5. The first-order chi connectivity index (χ1) is 11.0. The first-order valence-corrected chi connectivity index (χ1v) is 9.15. The number of rotatable bonds is 5. The highest BCUT2D eigenvalue weighted by molar-refractivity contribution is 7.90. The number of ether oxygens (including phenoxy) is 2. The topological polar surface area (TPSA) is 67.9 Å². The minimum absolute atomic E-state index is 0.176. The highest BCUT2D eigenvalue weighted by Gasteiger charge is 2.32. The SMILES string of the molecule is COCC1CCN(S(=O)(=O)Nc2cc(F)cc3c2OCCC3)C1. The molecule has 128 valence electrons. The average Bonchev–Trinajstić information content (AvgIpc) is 2.97. The van der Waals surface area contributed by atoms with E-state index in [0.717, 1.165) is 12.8 Å². The average molecular weight is 344 g/mol. The van der Waals surface area contributed by atoms with E-state index < -0.39 is 16.0 Å². The van der Waals surface area contributed by atoms with Gasteiger partial charge in [-0.3, -0.25) is 4.72 Å². The molecule has 0 spiro atoms. The van der Waals surface area contributed by atoms with E-state index in [1.807, 2.05) is 0 Å². The van der Waals surface area contributed by atoms with Crippen molar-refractivity contribution in [1.29, 1.82) is 0 Å². The van der Waals surface area contributed by atoms with Crippen LogP contribution < -0.4 is 9.46 Å². The number of hydrogen-bond donors (Lipinski definition) is 1. The third kappa shape index (κ3) is 3.59. The molecule has 0 amide bonds. The van der Waals surface area contributed by atoms with E-state index in [9.17, 15) is 12.8 Å². The van der Waals surface area contributed by atoms with Crippen LogP contribution in [0, 0.1) is 11.7 Å². The lowest BCUT2D eigenvalue weighted by Crippen LogP contribution is -2.34. The molecule has 1 N–H and O–H groups in total. The largest absolute Gasteiger partial charge is 0.491 e. The second kappa shape index (κ2) is 6.62. The summed E-state index contributed by atoms with van der Waals surface area (Å²) >= 11 is 0. The summed E-state index contributed by atoms with van der Waals surface area (Å²) in [6.07, 6.45) is 2.24. The van der Waals surface area contributed by atoms with Gasteiger partial charge in [0, 0.05) is 26.3 Å². The Morgan fingerprint density at radius 3 is 3.09 bits per heavy atom. The van der Waals surface area contributed by atoms with Crippen LogP contribution >= 0.6 is 0 Å². The number of nitrogens with zero attached hydrogens (tertiary/aromatic N) is 1. The number of aryl methyl sites for hydroxylation is 1. The lowest BCUT2D eigenvalue weighted by atomic mass is 10.1. The zero-order valence-electron chi connectivity index (χ0n) is 13.0. The molecule has 6 nitrogen and oxygen atoms in total. The van der Waals surface area contributed by atoms with Crippen LogP contribution in [-0.4, -0.2) is 46.1 Å². The van der Waals surface area contributed by atoms with Crippen molar-refractivity contribution in [1.82, 2.24) is 4.31 Å². The highest BCUT2D eigenvalue weighted by Crippen LogP contribution is 2.35. The van der Waals surface area contributed by atoms with Crippen molar-refractivity contribution in [3.63, 3.8) is 0 Å². The van der Waals surface area contributed by atoms with Crippen molar-refractivity contribution in [3.8, 4) is 5.75 Å². The molecule has 3 rings (SSSR count). The van der Waals surface area contributed by atoms with Gasteiger partial charge in [-0.25, -0.2) is 4.39 Å². The number of hydrogen-bond acceptors (Lipinski definition) is 4. The number of benzene rings is 1. The monoisotopic (exact) mass is 344 g/mol. The van der Waals surface area contributed by atoms with E-state index in [2.05, 4.69) is 4.72 Å². The Morgan fingerprint density at radius 2 is 2.30 bits per heavy atom. The maximum atomic E-state index is 13.7. The Kier molecular flexibility index (Phi) is 4.74. The van der Waals surface area contributed by atoms with Crippen molar-refractivity contribution in [2.45, 2.75) is 19.3 Å². The maximum absolute atomic E-state index is 13.7. The summed E-state index contributed by atoms with van der Waals surface area (Å²) in [6.45, 7) is 1.88. The molecule has 2 heterocycles. The van der Waals surface area contributed by atoms with Gasteiger partial charge < -0.3 is 9.47 Å². The van der Waals surface area contributed by atoms with E-state index >= 15 is 0 Å². The van der Waals surface area contributed by atoms with Crippen LogP contribution in [0.3, 0.4) is 0 Å². The minimum Gasteiger partial charge on any atom is -0.491 e. The number of methoxy groups -OCH3 is 1. The van der Waals surface area contributed by atoms with Crippen molar-refractivity contribution >= 4 is 15.9 Å². The molecule has 1 aromatic carbocycles. The summed E-state index contributed by atoms with van der Waals surface area (Å²) < 4.78 is 53.3. The van der Waals surface area contributed by atoms with E-state index in [-0.39, 0.29) is 11.6 Å². The molecular formula is C15H21FN2O4S. The third-order valence-electron chi connectivity index (χ3n) is 4.20. The summed E-state index contributed by atoms with van der Waals surface area (Å²) in [6, 6.07) is 2.57. The lowest BCUT2D eigenvalue weighted by Gasteiger charge is -2.23. The predicted molar refractivity (Wildman–Crippen MR) is 84.3 cm³/mol. The number of anilines is 1. The van der Waals surface area contributed by atoms with E-state index in [1.165, 1.54) is 16.4 Å². The molecule has 1 saturated heterocycles. The summed E-state index contributed by atoms with van der Waals surface area (Å²) in [4.78, 5) is 0. The third-order valence-corrected chi connectivity index (χ3v) is 5.69. The molecule has 0 aliphatic carbocycles. The van der Waals surface area contributed by atoms with Crippen molar-refractivity contribution in [2.75, 3.05) is 38.1 Å². The molecular weight excluding hydrogens is 323 g/mol. The Bertz CT molecular complexity index is 680. The van der Waals surface area contributed by atoms with E-state index in [0.29, 0.717) is 44.0 Å². The fourth-order valence-corrected chi connectivity index (χ4v) is 4.42. The number of halogens is 1. The van der Waals surface area contributed by atoms with Crippen LogP contribution in [0.25, 0.3) is 0 Å². The molecule has 0 saturated carbocycles. The standard InChI is InChI=1S/C15H21FN2O4S/c1-21-10-11-4-5-18(9-11)23(19,20)17-14-8-13(16)7-12-3-2-6-22-15(12)14/h7-8,11,17H,2-6,9-10H2,1H3. The van der Waals surface area contributed by atoms with E-state index in [1.54, 1.807) is 7.11 Å². The van der Waals surface area contributed by atoms with Gasteiger partial charge in [0.1, 0.15) is 11.6 Å².